The molecule has 0 saturated carbocycles. The predicted octanol–water partition coefficient (Wildman–Crippen LogP) is 2.91. The lowest BCUT2D eigenvalue weighted by Gasteiger charge is -1.96. The number of rotatable bonds is 2. The Morgan fingerprint density at radius 1 is 1.43 bits per heavy atom. The molecule has 0 fully saturated rings. The van der Waals surface area contributed by atoms with Gasteiger partial charge in [-0.3, -0.25) is 0 Å². The quantitative estimate of drug-likeness (QED) is 0.864. The highest BCUT2D eigenvalue weighted by Gasteiger charge is 2.03. The fraction of sp³-hybridized carbons (Fsp3) is 0.100. The Morgan fingerprint density at radius 2 is 2.29 bits per heavy atom. The van der Waals surface area contributed by atoms with E-state index in [4.69, 9.17) is 5.11 Å². The normalized spacial score (nSPS) is 10.4. The van der Waals surface area contributed by atoms with Gasteiger partial charge in [-0.1, -0.05) is 12.1 Å². The summed E-state index contributed by atoms with van der Waals surface area (Å²) >= 11 is 3.84. The van der Waals surface area contributed by atoms with Gasteiger partial charge in [0.15, 0.2) is 0 Å². The van der Waals surface area contributed by atoms with E-state index in [0.29, 0.717) is 0 Å². The number of aliphatic hydroxyl groups is 1. The Morgan fingerprint density at radius 3 is 2.93 bits per heavy atom. The molecule has 0 atom stereocenters. The Hall–Kier alpha value is -0.460. The number of thiazole rings is 1. The molecule has 14 heavy (non-hydrogen) atoms. The van der Waals surface area contributed by atoms with Crippen molar-refractivity contribution in [2.24, 2.45) is 0 Å². The van der Waals surface area contributed by atoms with Crippen LogP contribution in [0.15, 0.2) is 29.6 Å². The zero-order chi connectivity index (χ0) is 9.97. The Bertz CT molecular complexity index is 441. The van der Waals surface area contributed by atoms with Crippen molar-refractivity contribution < 1.29 is 5.11 Å². The first kappa shape index (κ1) is 10.1. The van der Waals surface area contributed by atoms with Gasteiger partial charge in [-0.25, -0.2) is 4.98 Å². The van der Waals surface area contributed by atoms with Crippen molar-refractivity contribution in [3.8, 4) is 10.6 Å². The first-order valence-corrected chi connectivity index (χ1v) is 6.06. The molecule has 0 aliphatic rings. The van der Waals surface area contributed by atoms with Gasteiger partial charge in [0, 0.05) is 14.5 Å². The first-order valence-electron chi connectivity index (χ1n) is 4.11. The second kappa shape index (κ2) is 4.37. The highest BCUT2D eigenvalue weighted by molar-refractivity contribution is 14.1. The zero-order valence-corrected chi connectivity index (χ0v) is 10.2. The van der Waals surface area contributed by atoms with Crippen molar-refractivity contribution in [3.63, 3.8) is 0 Å². The van der Waals surface area contributed by atoms with Crippen molar-refractivity contribution in [2.45, 2.75) is 6.61 Å². The van der Waals surface area contributed by atoms with Crippen LogP contribution in [0.4, 0.5) is 0 Å². The molecule has 2 rings (SSSR count). The second-order valence-electron chi connectivity index (χ2n) is 2.81. The van der Waals surface area contributed by atoms with Crippen LogP contribution in [0.3, 0.4) is 0 Å². The summed E-state index contributed by atoms with van der Waals surface area (Å²) in [6, 6.07) is 8.17. The van der Waals surface area contributed by atoms with E-state index in [1.54, 1.807) is 11.3 Å². The summed E-state index contributed by atoms with van der Waals surface area (Å²) in [7, 11) is 0. The van der Waals surface area contributed by atoms with Crippen LogP contribution >= 0.6 is 33.9 Å². The average molecular weight is 317 g/mol. The smallest absolute Gasteiger partial charge is 0.123 e. The van der Waals surface area contributed by atoms with Crippen LogP contribution in [-0.2, 0) is 6.61 Å². The molecule has 0 aliphatic carbocycles. The van der Waals surface area contributed by atoms with Gasteiger partial charge < -0.3 is 5.11 Å². The van der Waals surface area contributed by atoms with Crippen LogP contribution in [0.5, 0.6) is 0 Å². The van der Waals surface area contributed by atoms with E-state index < -0.39 is 0 Å². The minimum atomic E-state index is 0.0143. The van der Waals surface area contributed by atoms with Gasteiger partial charge in [0.05, 0.1) is 12.3 Å². The van der Waals surface area contributed by atoms with Crippen molar-refractivity contribution in [3.05, 3.63) is 38.9 Å². The molecular weight excluding hydrogens is 309 g/mol. The minimum absolute atomic E-state index is 0.0143. The lowest BCUT2D eigenvalue weighted by atomic mass is 10.2. The van der Waals surface area contributed by atoms with Gasteiger partial charge in [-0.15, -0.1) is 11.3 Å². The van der Waals surface area contributed by atoms with Gasteiger partial charge >= 0.3 is 0 Å². The van der Waals surface area contributed by atoms with E-state index in [1.807, 2.05) is 23.6 Å². The number of hydrogen-bond acceptors (Lipinski definition) is 3. The summed E-state index contributed by atoms with van der Waals surface area (Å²) in [5.74, 6) is 0. The van der Waals surface area contributed by atoms with Gasteiger partial charge in [-0.2, -0.15) is 0 Å². The maximum absolute atomic E-state index is 8.90. The largest absolute Gasteiger partial charge is 0.390 e. The van der Waals surface area contributed by atoms with E-state index in [9.17, 15) is 0 Å². The van der Waals surface area contributed by atoms with E-state index in [0.717, 1.165) is 16.3 Å². The van der Waals surface area contributed by atoms with Crippen molar-refractivity contribution in [2.75, 3.05) is 0 Å². The summed E-state index contributed by atoms with van der Waals surface area (Å²) < 4.78 is 1.20. The van der Waals surface area contributed by atoms with Gasteiger partial charge in [0.25, 0.3) is 0 Å². The van der Waals surface area contributed by atoms with Crippen LogP contribution in [0.25, 0.3) is 10.6 Å². The van der Waals surface area contributed by atoms with Crippen LogP contribution in [0, 0.1) is 3.57 Å². The molecule has 0 saturated heterocycles. The number of benzene rings is 1. The summed E-state index contributed by atoms with van der Waals surface area (Å²) in [6.45, 7) is 0.0143. The third kappa shape index (κ3) is 2.13. The highest BCUT2D eigenvalue weighted by Crippen LogP contribution is 2.24. The molecule has 0 bridgehead atoms. The Balaban J connectivity index is 2.39. The maximum Gasteiger partial charge on any atom is 0.123 e. The molecule has 0 unspecified atom stereocenters. The monoisotopic (exact) mass is 317 g/mol. The standard InChI is InChI=1S/C10H8INOS/c11-8-3-1-2-7(4-8)10-12-9(5-13)6-14-10/h1-4,6,13H,5H2. The second-order valence-corrected chi connectivity index (χ2v) is 4.92. The minimum Gasteiger partial charge on any atom is -0.390 e. The highest BCUT2D eigenvalue weighted by atomic mass is 127. The van der Waals surface area contributed by atoms with Crippen LogP contribution in [0.1, 0.15) is 5.69 Å². The van der Waals surface area contributed by atoms with Gasteiger partial charge in [0.1, 0.15) is 5.01 Å². The van der Waals surface area contributed by atoms with E-state index in [2.05, 4.69) is 33.6 Å². The molecule has 0 spiro atoms. The topological polar surface area (TPSA) is 33.1 Å². The molecule has 72 valence electrons. The van der Waals surface area contributed by atoms with Crippen molar-refractivity contribution >= 4 is 33.9 Å². The fourth-order valence-electron chi connectivity index (χ4n) is 1.13. The molecule has 2 aromatic rings. The van der Waals surface area contributed by atoms with Crippen LogP contribution in [0.2, 0.25) is 0 Å². The van der Waals surface area contributed by atoms with Crippen molar-refractivity contribution in [1.29, 1.82) is 0 Å². The first-order chi connectivity index (χ1) is 6.79. The summed E-state index contributed by atoms with van der Waals surface area (Å²) in [5, 5.41) is 11.7. The number of nitrogens with zero attached hydrogens (tertiary/aromatic N) is 1. The molecule has 0 radical (unpaired) electrons. The summed E-state index contributed by atoms with van der Waals surface area (Å²) in [4.78, 5) is 4.31. The van der Waals surface area contributed by atoms with E-state index in [-0.39, 0.29) is 6.61 Å². The number of aliphatic hydroxyl groups excluding tert-OH is 1. The SMILES string of the molecule is OCc1csc(-c2cccc(I)c2)n1. The summed E-state index contributed by atoms with van der Waals surface area (Å²) in [6.07, 6.45) is 0. The van der Waals surface area contributed by atoms with Crippen LogP contribution < -0.4 is 0 Å². The van der Waals surface area contributed by atoms with Crippen molar-refractivity contribution in [1.82, 2.24) is 4.98 Å². The number of hydrogen-bond donors (Lipinski definition) is 1. The Kier molecular flexibility index (Phi) is 3.15. The molecule has 1 aromatic carbocycles. The zero-order valence-electron chi connectivity index (χ0n) is 7.27. The molecule has 0 aliphatic heterocycles. The van der Waals surface area contributed by atoms with E-state index in [1.165, 1.54) is 3.57 Å². The predicted molar refractivity (Wildman–Crippen MR) is 66.2 cm³/mol. The van der Waals surface area contributed by atoms with Crippen LogP contribution in [-0.4, -0.2) is 10.1 Å². The summed E-state index contributed by atoms with van der Waals surface area (Å²) in [5.41, 5.74) is 1.85. The molecule has 2 nitrogen and oxygen atoms in total. The van der Waals surface area contributed by atoms with Gasteiger partial charge in [0.2, 0.25) is 0 Å². The number of aromatic nitrogens is 1. The van der Waals surface area contributed by atoms with Gasteiger partial charge in [-0.05, 0) is 34.7 Å². The molecule has 0 amide bonds. The Labute approximate surface area is 99.8 Å². The lowest BCUT2D eigenvalue weighted by molar-refractivity contribution is 0.278. The number of halogens is 1. The van der Waals surface area contributed by atoms with E-state index >= 15 is 0 Å². The third-order valence-electron chi connectivity index (χ3n) is 1.79. The average Bonchev–Trinajstić information content (AvgIpc) is 2.66. The lowest BCUT2D eigenvalue weighted by Crippen LogP contribution is -1.82. The molecule has 1 N–H and O–H groups in total. The molecule has 1 aromatic heterocycles. The maximum atomic E-state index is 8.90. The fourth-order valence-corrected chi connectivity index (χ4v) is 2.48. The third-order valence-corrected chi connectivity index (χ3v) is 3.40. The molecular formula is C10H8INOS. The molecule has 1 heterocycles. The molecule has 4 heteroatoms.